The molecule has 0 unspecified atom stereocenters. The number of rotatable bonds is 11. The average Bonchev–Trinajstić information content (AvgIpc) is 3.27. The molecule has 0 radical (unpaired) electrons. The lowest BCUT2D eigenvalue weighted by Crippen LogP contribution is -2.31. The summed E-state index contributed by atoms with van der Waals surface area (Å²) >= 11 is 0. The van der Waals surface area contributed by atoms with Crippen LogP contribution in [0.15, 0.2) is 24.5 Å². The predicted molar refractivity (Wildman–Crippen MR) is 125 cm³/mol. The second-order valence-electron chi connectivity index (χ2n) is 7.71. The number of nitrogens with one attached hydrogen (secondary N) is 1. The van der Waals surface area contributed by atoms with E-state index in [1.807, 2.05) is 26.8 Å². The molecule has 2 aromatic heterocycles. The number of aryl methyl sites for hydroxylation is 2. The number of methoxy groups -OCH3 is 1. The van der Waals surface area contributed by atoms with Gasteiger partial charge in [-0.05, 0) is 57.4 Å². The normalized spacial score (nSPS) is 11.8. The van der Waals surface area contributed by atoms with Crippen LogP contribution in [0.1, 0.15) is 55.2 Å². The van der Waals surface area contributed by atoms with E-state index in [-0.39, 0.29) is 25.4 Å². The summed E-state index contributed by atoms with van der Waals surface area (Å²) < 4.78 is 17.8. The third kappa shape index (κ3) is 5.81. The van der Waals surface area contributed by atoms with Crippen LogP contribution < -0.4 is 14.8 Å². The number of aromatic nitrogens is 4. The van der Waals surface area contributed by atoms with Gasteiger partial charge in [-0.15, -0.1) is 0 Å². The Morgan fingerprint density at radius 2 is 1.94 bits per heavy atom. The summed E-state index contributed by atoms with van der Waals surface area (Å²) in [5, 5.41) is 7.17. The van der Waals surface area contributed by atoms with Crippen LogP contribution >= 0.6 is 0 Å². The summed E-state index contributed by atoms with van der Waals surface area (Å²) in [5.41, 5.74) is 3.37. The molecule has 1 atom stereocenters. The number of fused-ring (bicyclic) bond motifs is 1. The molecule has 0 saturated carbocycles. The Kier molecular flexibility index (Phi) is 8.39. The molecule has 0 bridgehead atoms. The van der Waals surface area contributed by atoms with Crippen molar-refractivity contribution >= 4 is 17.7 Å². The number of carbonyl (C=O) groups is 2. The van der Waals surface area contributed by atoms with Crippen LogP contribution in [0.25, 0.3) is 5.78 Å². The van der Waals surface area contributed by atoms with Crippen molar-refractivity contribution in [3.8, 4) is 11.5 Å². The Labute approximate surface area is 198 Å². The number of benzene rings is 1. The number of hydrogen-bond acceptors (Lipinski definition) is 8. The van der Waals surface area contributed by atoms with E-state index in [1.54, 1.807) is 30.7 Å². The van der Waals surface area contributed by atoms with Gasteiger partial charge in [-0.1, -0.05) is 6.07 Å². The lowest BCUT2D eigenvalue weighted by molar-refractivity contribution is -0.143. The van der Waals surface area contributed by atoms with Crippen molar-refractivity contribution in [2.45, 2.75) is 53.0 Å². The van der Waals surface area contributed by atoms with Gasteiger partial charge in [-0.2, -0.15) is 10.1 Å². The van der Waals surface area contributed by atoms with Crippen molar-refractivity contribution in [1.29, 1.82) is 0 Å². The molecule has 3 aromatic rings. The fourth-order valence-electron chi connectivity index (χ4n) is 3.84. The van der Waals surface area contributed by atoms with Crippen molar-refractivity contribution < 1.29 is 23.8 Å². The first-order valence-electron chi connectivity index (χ1n) is 11.3. The van der Waals surface area contributed by atoms with Gasteiger partial charge in [0.1, 0.15) is 6.33 Å². The summed E-state index contributed by atoms with van der Waals surface area (Å²) in [6, 6.07) is 4.78. The number of hydrogen-bond donors (Lipinski definition) is 1. The largest absolute Gasteiger partial charge is 0.493 e. The molecule has 10 heteroatoms. The van der Waals surface area contributed by atoms with E-state index in [0.717, 1.165) is 22.5 Å². The Morgan fingerprint density at radius 3 is 2.65 bits per heavy atom. The summed E-state index contributed by atoms with van der Waals surface area (Å²) in [6.45, 7) is 8.21. The standard InChI is InChI=1S/C24H31N5O5/c1-6-33-20-10-8-17(12-21(20)32-5)19(13-23(31)34-7-2)28-22(30)11-9-18-15(3)27-24-25-14-26-29(24)16(18)4/h8,10,12,14,19H,6-7,9,11,13H2,1-5H3,(H,28,30)/t19-/m0/s1. The molecule has 10 nitrogen and oxygen atoms in total. The van der Waals surface area contributed by atoms with Gasteiger partial charge < -0.3 is 19.5 Å². The quantitative estimate of drug-likeness (QED) is 0.426. The highest BCUT2D eigenvalue weighted by Gasteiger charge is 2.22. The van der Waals surface area contributed by atoms with E-state index < -0.39 is 12.0 Å². The first-order chi connectivity index (χ1) is 16.4. The van der Waals surface area contributed by atoms with E-state index in [9.17, 15) is 9.59 Å². The Bertz CT molecular complexity index is 1160. The second kappa shape index (κ2) is 11.4. The Hall–Kier alpha value is -3.69. The highest BCUT2D eigenvalue weighted by Crippen LogP contribution is 2.31. The van der Waals surface area contributed by atoms with Crippen LogP contribution in [0.4, 0.5) is 0 Å². The van der Waals surface area contributed by atoms with E-state index in [2.05, 4.69) is 20.4 Å². The molecule has 0 aliphatic carbocycles. The van der Waals surface area contributed by atoms with Crippen molar-refractivity contribution in [1.82, 2.24) is 24.9 Å². The maximum absolute atomic E-state index is 12.9. The van der Waals surface area contributed by atoms with Crippen LogP contribution in [0, 0.1) is 13.8 Å². The first kappa shape index (κ1) is 24.9. The Balaban J connectivity index is 1.77. The monoisotopic (exact) mass is 469 g/mol. The summed E-state index contributed by atoms with van der Waals surface area (Å²) in [7, 11) is 1.55. The minimum atomic E-state index is -0.575. The minimum Gasteiger partial charge on any atom is -0.493 e. The van der Waals surface area contributed by atoms with Crippen molar-refractivity contribution in [3.05, 3.63) is 47.0 Å². The molecule has 182 valence electrons. The highest BCUT2D eigenvalue weighted by molar-refractivity contribution is 5.78. The van der Waals surface area contributed by atoms with E-state index in [1.165, 1.54) is 6.33 Å². The number of ether oxygens (including phenoxy) is 3. The van der Waals surface area contributed by atoms with Gasteiger partial charge in [-0.25, -0.2) is 9.50 Å². The van der Waals surface area contributed by atoms with Gasteiger partial charge in [0, 0.05) is 17.8 Å². The third-order valence-electron chi connectivity index (χ3n) is 5.49. The third-order valence-corrected chi connectivity index (χ3v) is 5.49. The number of nitrogens with zero attached hydrogens (tertiary/aromatic N) is 4. The van der Waals surface area contributed by atoms with Gasteiger partial charge in [0.25, 0.3) is 5.78 Å². The SMILES string of the molecule is CCOC(=O)C[C@H](NC(=O)CCc1c(C)nc2ncnn2c1C)c1ccc(OCC)c(OC)c1. The van der Waals surface area contributed by atoms with Crippen molar-refractivity contribution in [2.24, 2.45) is 0 Å². The predicted octanol–water partition coefficient (Wildman–Crippen LogP) is 2.89. The van der Waals surface area contributed by atoms with Crippen LogP contribution in [0.5, 0.6) is 11.5 Å². The maximum atomic E-state index is 12.9. The van der Waals surface area contributed by atoms with Gasteiger partial charge in [0.05, 0.1) is 32.8 Å². The van der Waals surface area contributed by atoms with Crippen molar-refractivity contribution in [3.63, 3.8) is 0 Å². The van der Waals surface area contributed by atoms with Gasteiger partial charge in [0.2, 0.25) is 5.91 Å². The van der Waals surface area contributed by atoms with Crippen molar-refractivity contribution in [2.75, 3.05) is 20.3 Å². The second-order valence-corrected chi connectivity index (χ2v) is 7.71. The molecule has 3 rings (SSSR count). The minimum absolute atomic E-state index is 0.00123. The number of esters is 1. The molecule has 1 amide bonds. The topological polar surface area (TPSA) is 117 Å². The fourth-order valence-corrected chi connectivity index (χ4v) is 3.84. The molecule has 34 heavy (non-hydrogen) atoms. The lowest BCUT2D eigenvalue weighted by Gasteiger charge is -2.20. The Morgan fingerprint density at radius 1 is 1.15 bits per heavy atom. The first-order valence-corrected chi connectivity index (χ1v) is 11.3. The van der Waals surface area contributed by atoms with Crippen LogP contribution in [-0.2, 0) is 20.7 Å². The van der Waals surface area contributed by atoms with E-state index in [4.69, 9.17) is 14.2 Å². The molecule has 0 spiro atoms. The van der Waals surface area contributed by atoms with Crippen LogP contribution in [0.2, 0.25) is 0 Å². The zero-order chi connectivity index (χ0) is 24.7. The molecule has 0 saturated heterocycles. The smallest absolute Gasteiger partial charge is 0.308 e. The molecule has 1 N–H and O–H groups in total. The van der Waals surface area contributed by atoms with E-state index in [0.29, 0.717) is 30.3 Å². The summed E-state index contributed by atoms with van der Waals surface area (Å²) in [6.07, 6.45) is 2.15. The van der Waals surface area contributed by atoms with E-state index >= 15 is 0 Å². The average molecular weight is 470 g/mol. The number of amides is 1. The zero-order valence-electron chi connectivity index (χ0n) is 20.3. The molecular formula is C24H31N5O5. The molecule has 2 heterocycles. The molecule has 1 aromatic carbocycles. The molecule has 0 fully saturated rings. The zero-order valence-corrected chi connectivity index (χ0v) is 20.3. The van der Waals surface area contributed by atoms with Gasteiger partial charge in [-0.3, -0.25) is 9.59 Å². The summed E-state index contributed by atoms with van der Waals surface area (Å²) in [4.78, 5) is 33.8. The van der Waals surface area contributed by atoms with Crippen LogP contribution in [-0.4, -0.2) is 51.8 Å². The van der Waals surface area contributed by atoms with Crippen LogP contribution in [0.3, 0.4) is 0 Å². The number of carbonyl (C=O) groups excluding carboxylic acids is 2. The maximum Gasteiger partial charge on any atom is 0.308 e. The lowest BCUT2D eigenvalue weighted by atomic mass is 10.0. The fraction of sp³-hybridized carbons (Fsp3) is 0.458. The van der Waals surface area contributed by atoms with Gasteiger partial charge >= 0.3 is 5.97 Å². The van der Waals surface area contributed by atoms with Gasteiger partial charge in [0.15, 0.2) is 11.5 Å². The molecule has 0 aliphatic heterocycles. The highest BCUT2D eigenvalue weighted by atomic mass is 16.5. The molecular weight excluding hydrogens is 438 g/mol. The molecule has 0 aliphatic rings. The summed E-state index contributed by atoms with van der Waals surface area (Å²) in [5.74, 6) is 1.06.